The van der Waals surface area contributed by atoms with Gasteiger partial charge in [0.25, 0.3) is 0 Å². The van der Waals surface area contributed by atoms with Crippen molar-refractivity contribution < 1.29 is 18.0 Å². The minimum absolute atomic E-state index is 0.0239. The Morgan fingerprint density at radius 1 is 1.00 bits per heavy atom. The van der Waals surface area contributed by atoms with Crippen LogP contribution in [0.3, 0.4) is 0 Å². The Labute approximate surface area is 178 Å². The number of aromatic nitrogens is 2. The van der Waals surface area contributed by atoms with Crippen LogP contribution in [-0.2, 0) is 31.1 Å². The molecule has 3 aromatic rings. The first kappa shape index (κ1) is 22.6. The van der Waals surface area contributed by atoms with Gasteiger partial charge in [-0.05, 0) is 43.9 Å². The number of aryl methyl sites for hydroxylation is 1. The van der Waals surface area contributed by atoms with Crippen LogP contribution in [0, 0.1) is 0 Å². The number of rotatable bonds is 7. The van der Waals surface area contributed by atoms with Crippen LogP contribution < -0.4 is 5.69 Å². The van der Waals surface area contributed by atoms with Crippen molar-refractivity contribution in [3.05, 3.63) is 70.1 Å². The SMILES string of the molecule is CN(C)CCN(Cc1cccc(C(F)(F)F)c1)C(=O)Cn1c(=O)n(C)c2ccccc21. The Morgan fingerprint density at radius 3 is 2.32 bits per heavy atom. The molecule has 0 aliphatic heterocycles. The van der Waals surface area contributed by atoms with Gasteiger partial charge in [0.2, 0.25) is 5.91 Å². The first-order valence-electron chi connectivity index (χ1n) is 9.81. The molecule has 0 aliphatic carbocycles. The number of benzene rings is 2. The number of halogens is 3. The molecule has 1 amide bonds. The van der Waals surface area contributed by atoms with E-state index in [9.17, 15) is 22.8 Å². The second-order valence-corrected chi connectivity index (χ2v) is 7.73. The number of amides is 1. The van der Waals surface area contributed by atoms with E-state index in [2.05, 4.69) is 0 Å². The predicted octanol–water partition coefficient (Wildman–Crippen LogP) is 2.95. The van der Waals surface area contributed by atoms with Crippen LogP contribution in [0.25, 0.3) is 11.0 Å². The Balaban J connectivity index is 1.88. The van der Waals surface area contributed by atoms with Crippen molar-refractivity contribution in [1.29, 1.82) is 0 Å². The third kappa shape index (κ3) is 5.16. The van der Waals surface area contributed by atoms with E-state index < -0.39 is 11.7 Å². The number of imidazole rings is 1. The van der Waals surface area contributed by atoms with Gasteiger partial charge in [-0.25, -0.2) is 4.79 Å². The third-order valence-corrected chi connectivity index (χ3v) is 5.14. The van der Waals surface area contributed by atoms with E-state index in [1.807, 2.05) is 25.1 Å². The minimum Gasteiger partial charge on any atom is -0.336 e. The lowest BCUT2D eigenvalue weighted by Crippen LogP contribution is -2.39. The summed E-state index contributed by atoms with van der Waals surface area (Å²) < 4.78 is 42.1. The molecule has 0 atom stereocenters. The lowest BCUT2D eigenvalue weighted by Gasteiger charge is -2.25. The lowest BCUT2D eigenvalue weighted by atomic mass is 10.1. The van der Waals surface area contributed by atoms with E-state index >= 15 is 0 Å². The van der Waals surface area contributed by atoms with Gasteiger partial charge in [0, 0.05) is 26.7 Å². The Kier molecular flexibility index (Phi) is 6.54. The molecule has 1 aromatic heterocycles. The number of nitrogens with zero attached hydrogens (tertiary/aromatic N) is 4. The molecule has 2 aromatic carbocycles. The van der Waals surface area contributed by atoms with Gasteiger partial charge in [0.05, 0.1) is 16.6 Å². The molecule has 0 bridgehead atoms. The van der Waals surface area contributed by atoms with Gasteiger partial charge in [-0.3, -0.25) is 13.9 Å². The largest absolute Gasteiger partial charge is 0.416 e. The fourth-order valence-electron chi connectivity index (χ4n) is 3.43. The molecular weight excluding hydrogens is 409 g/mol. The number of carbonyl (C=O) groups is 1. The summed E-state index contributed by atoms with van der Waals surface area (Å²) in [5, 5.41) is 0. The van der Waals surface area contributed by atoms with Crippen LogP contribution in [-0.4, -0.2) is 52.0 Å². The van der Waals surface area contributed by atoms with Crippen molar-refractivity contribution in [2.45, 2.75) is 19.3 Å². The lowest BCUT2D eigenvalue weighted by molar-refractivity contribution is -0.137. The van der Waals surface area contributed by atoms with Gasteiger partial charge in [-0.15, -0.1) is 0 Å². The van der Waals surface area contributed by atoms with Crippen molar-refractivity contribution >= 4 is 16.9 Å². The smallest absolute Gasteiger partial charge is 0.336 e. The van der Waals surface area contributed by atoms with Gasteiger partial charge >= 0.3 is 11.9 Å². The van der Waals surface area contributed by atoms with Crippen LogP contribution in [0.1, 0.15) is 11.1 Å². The van der Waals surface area contributed by atoms with Crippen LogP contribution >= 0.6 is 0 Å². The number of alkyl halides is 3. The zero-order chi connectivity index (χ0) is 22.8. The number of likely N-dealkylation sites (N-methyl/N-ethyl adjacent to an activating group) is 1. The van der Waals surface area contributed by atoms with Gasteiger partial charge in [0.1, 0.15) is 6.54 Å². The molecule has 0 saturated heterocycles. The third-order valence-electron chi connectivity index (χ3n) is 5.14. The molecule has 0 unspecified atom stereocenters. The molecule has 1 heterocycles. The molecule has 0 radical (unpaired) electrons. The zero-order valence-electron chi connectivity index (χ0n) is 17.7. The van der Waals surface area contributed by atoms with E-state index in [1.165, 1.54) is 20.1 Å². The molecule has 0 aliphatic rings. The van der Waals surface area contributed by atoms with Crippen LogP contribution in [0.2, 0.25) is 0 Å². The summed E-state index contributed by atoms with van der Waals surface area (Å²) in [7, 11) is 5.34. The number of carbonyl (C=O) groups excluding carboxylic acids is 1. The standard InChI is InChI=1S/C22H25F3N4O2/c1-26(2)11-12-28(14-16-7-6-8-17(13-16)22(23,24)25)20(30)15-29-19-10-5-4-9-18(19)27(3)21(29)31/h4-10,13H,11-12,14-15H2,1-3H3. The summed E-state index contributed by atoms with van der Waals surface area (Å²) in [5.41, 5.74) is 0.650. The summed E-state index contributed by atoms with van der Waals surface area (Å²) in [5.74, 6) is -0.335. The minimum atomic E-state index is -4.45. The normalized spacial score (nSPS) is 12.0. The van der Waals surface area contributed by atoms with Gasteiger partial charge in [-0.1, -0.05) is 24.3 Å². The van der Waals surface area contributed by atoms with Crippen LogP contribution in [0.5, 0.6) is 0 Å². The maximum absolute atomic E-state index is 13.1. The molecule has 166 valence electrons. The quantitative estimate of drug-likeness (QED) is 0.575. The van der Waals surface area contributed by atoms with Crippen molar-refractivity contribution in [2.24, 2.45) is 7.05 Å². The maximum Gasteiger partial charge on any atom is 0.416 e. The van der Waals surface area contributed by atoms with E-state index in [1.54, 1.807) is 31.3 Å². The Hall–Kier alpha value is -3.07. The van der Waals surface area contributed by atoms with Crippen molar-refractivity contribution in [3.8, 4) is 0 Å². The summed E-state index contributed by atoms with van der Waals surface area (Å²) in [6.45, 7) is 0.694. The average molecular weight is 434 g/mol. The number of fused-ring (bicyclic) bond motifs is 1. The van der Waals surface area contributed by atoms with Gasteiger partial charge < -0.3 is 9.80 Å². The molecule has 0 N–H and O–H groups in total. The highest BCUT2D eigenvalue weighted by Gasteiger charge is 2.30. The first-order chi connectivity index (χ1) is 14.6. The van der Waals surface area contributed by atoms with E-state index in [-0.39, 0.29) is 24.7 Å². The summed E-state index contributed by atoms with van der Waals surface area (Å²) in [6, 6.07) is 12.1. The predicted molar refractivity (Wildman–Crippen MR) is 113 cm³/mol. The molecule has 31 heavy (non-hydrogen) atoms. The molecule has 0 fully saturated rings. The molecule has 0 spiro atoms. The maximum atomic E-state index is 13.1. The summed E-state index contributed by atoms with van der Waals surface area (Å²) >= 11 is 0. The average Bonchev–Trinajstić information content (AvgIpc) is 2.95. The topological polar surface area (TPSA) is 50.5 Å². The summed E-state index contributed by atoms with van der Waals surface area (Å²) in [4.78, 5) is 29.2. The van der Waals surface area contributed by atoms with E-state index in [4.69, 9.17) is 0 Å². The highest BCUT2D eigenvalue weighted by atomic mass is 19.4. The highest BCUT2D eigenvalue weighted by Crippen LogP contribution is 2.29. The zero-order valence-corrected chi connectivity index (χ0v) is 17.7. The second-order valence-electron chi connectivity index (χ2n) is 7.73. The fraction of sp³-hybridized carbons (Fsp3) is 0.364. The molecule has 0 saturated carbocycles. The number of hydrogen-bond acceptors (Lipinski definition) is 3. The monoisotopic (exact) mass is 434 g/mol. The molecular formula is C22H25F3N4O2. The van der Waals surface area contributed by atoms with Crippen molar-refractivity contribution in [3.63, 3.8) is 0 Å². The van der Waals surface area contributed by atoms with Crippen molar-refractivity contribution in [1.82, 2.24) is 18.9 Å². The fourth-order valence-corrected chi connectivity index (χ4v) is 3.43. The highest BCUT2D eigenvalue weighted by molar-refractivity contribution is 5.81. The summed E-state index contributed by atoms with van der Waals surface area (Å²) in [6.07, 6.45) is -4.45. The molecule has 3 rings (SSSR count). The first-order valence-corrected chi connectivity index (χ1v) is 9.81. The number of para-hydroxylation sites is 2. The van der Waals surface area contributed by atoms with Crippen molar-refractivity contribution in [2.75, 3.05) is 27.2 Å². The van der Waals surface area contributed by atoms with Crippen LogP contribution in [0.4, 0.5) is 13.2 Å². The molecule has 9 heteroatoms. The van der Waals surface area contributed by atoms with E-state index in [0.717, 1.165) is 12.1 Å². The van der Waals surface area contributed by atoms with Gasteiger partial charge in [-0.2, -0.15) is 13.2 Å². The Morgan fingerprint density at radius 2 is 1.68 bits per heavy atom. The second kappa shape index (κ2) is 8.97. The van der Waals surface area contributed by atoms with Crippen LogP contribution in [0.15, 0.2) is 53.3 Å². The van der Waals surface area contributed by atoms with E-state index in [0.29, 0.717) is 29.7 Å². The van der Waals surface area contributed by atoms with Gasteiger partial charge in [0.15, 0.2) is 0 Å². The Bertz CT molecular complexity index is 1130. The molecule has 6 nitrogen and oxygen atoms in total. The number of hydrogen-bond donors (Lipinski definition) is 0.